The summed E-state index contributed by atoms with van der Waals surface area (Å²) in [6, 6.07) is 8.97. The molecular weight excluding hydrogens is 341 g/mol. The van der Waals surface area contributed by atoms with E-state index >= 15 is 0 Å². The second-order valence-corrected chi connectivity index (χ2v) is 7.36. The smallest absolute Gasteiger partial charge is 0.377 e. The summed E-state index contributed by atoms with van der Waals surface area (Å²) in [6.07, 6.45) is 5.54. The number of fused-ring (bicyclic) bond motifs is 2. The molecule has 1 saturated heterocycles. The molecule has 114 valence electrons. The van der Waals surface area contributed by atoms with Crippen molar-refractivity contribution in [1.29, 1.82) is 0 Å². The van der Waals surface area contributed by atoms with Crippen LogP contribution in [0.1, 0.15) is 31.1 Å². The molecule has 1 aromatic heterocycles. The van der Waals surface area contributed by atoms with Crippen molar-refractivity contribution >= 4 is 23.0 Å². The number of hydrogen-bond donors (Lipinski definition) is 2. The van der Waals surface area contributed by atoms with Crippen LogP contribution >= 0.6 is 15.9 Å². The summed E-state index contributed by atoms with van der Waals surface area (Å²) in [5.74, 6) is 1.61. The molecule has 0 unspecified atom stereocenters. The Morgan fingerprint density at radius 3 is 2.82 bits per heavy atom. The molecule has 0 amide bonds. The number of nitrogens with one attached hydrogen (secondary N) is 1. The van der Waals surface area contributed by atoms with Gasteiger partial charge in [-0.15, -0.1) is 0 Å². The van der Waals surface area contributed by atoms with E-state index in [0.29, 0.717) is 12.0 Å². The first-order valence-electron chi connectivity index (χ1n) is 7.90. The lowest BCUT2D eigenvalue weighted by molar-refractivity contribution is 0.211. The predicted molar refractivity (Wildman–Crippen MR) is 91.3 cm³/mol. The minimum Gasteiger partial charge on any atom is -0.437 e. The minimum absolute atomic E-state index is 0.225. The standard InChI is InChI=1S/C16H19BBrN3O/c1-17(22)21-13-7-4-11(8-13)15(21)16-19-9-14(20-16)10-2-5-12(18)6-3-10/h2-3,5-6,9,11,13,15,22H,4,7-8H2,1H3,(H,19,20)/t11-,13+,15+/m1/s1. The lowest BCUT2D eigenvalue weighted by Crippen LogP contribution is -2.45. The van der Waals surface area contributed by atoms with Gasteiger partial charge in [-0.05, 0) is 49.7 Å². The maximum Gasteiger partial charge on any atom is 0.377 e. The predicted octanol–water partition coefficient (Wildman–Crippen LogP) is 3.47. The van der Waals surface area contributed by atoms with Gasteiger partial charge in [-0.1, -0.05) is 28.1 Å². The second kappa shape index (κ2) is 5.51. The van der Waals surface area contributed by atoms with Crippen molar-refractivity contribution < 1.29 is 5.02 Å². The Morgan fingerprint density at radius 2 is 2.09 bits per heavy atom. The minimum atomic E-state index is -0.415. The SMILES string of the molecule is CB(O)N1[C@H]2CC[C@H](C2)[C@H]1c1ncc(-c2ccc(Br)cc2)[nH]1. The van der Waals surface area contributed by atoms with Gasteiger partial charge in [-0.2, -0.15) is 0 Å². The fraction of sp³-hybridized carbons (Fsp3) is 0.438. The molecule has 2 bridgehead atoms. The zero-order chi connectivity index (χ0) is 15.3. The fourth-order valence-electron chi connectivity index (χ4n) is 4.18. The van der Waals surface area contributed by atoms with E-state index in [0.717, 1.165) is 21.6 Å². The third kappa shape index (κ3) is 2.34. The topological polar surface area (TPSA) is 52.1 Å². The molecule has 1 aromatic carbocycles. The first kappa shape index (κ1) is 14.5. The lowest BCUT2D eigenvalue weighted by atomic mass is 9.79. The van der Waals surface area contributed by atoms with Gasteiger partial charge in [0.15, 0.2) is 0 Å². The van der Waals surface area contributed by atoms with Crippen LogP contribution in [0.15, 0.2) is 34.9 Å². The maximum atomic E-state index is 10.1. The largest absolute Gasteiger partial charge is 0.437 e. The molecule has 2 heterocycles. The van der Waals surface area contributed by atoms with Crippen molar-refractivity contribution in [3.05, 3.63) is 40.8 Å². The molecule has 2 aliphatic rings. The van der Waals surface area contributed by atoms with E-state index in [9.17, 15) is 5.02 Å². The highest BCUT2D eigenvalue weighted by Crippen LogP contribution is 2.49. The Balaban J connectivity index is 1.65. The van der Waals surface area contributed by atoms with Gasteiger partial charge in [-0.25, -0.2) is 4.98 Å². The summed E-state index contributed by atoms with van der Waals surface area (Å²) in [7, 11) is -0.415. The molecule has 22 heavy (non-hydrogen) atoms. The molecule has 6 heteroatoms. The van der Waals surface area contributed by atoms with Crippen molar-refractivity contribution in [2.24, 2.45) is 5.92 Å². The highest BCUT2D eigenvalue weighted by Gasteiger charge is 2.49. The summed E-state index contributed by atoms with van der Waals surface area (Å²) in [5.41, 5.74) is 2.17. The van der Waals surface area contributed by atoms with Gasteiger partial charge in [0.25, 0.3) is 0 Å². The molecule has 2 N–H and O–H groups in total. The van der Waals surface area contributed by atoms with Crippen LogP contribution in [0.2, 0.25) is 6.82 Å². The van der Waals surface area contributed by atoms with E-state index < -0.39 is 7.05 Å². The monoisotopic (exact) mass is 359 g/mol. The quantitative estimate of drug-likeness (QED) is 0.825. The maximum absolute atomic E-state index is 10.1. The van der Waals surface area contributed by atoms with Crippen molar-refractivity contribution in [3.63, 3.8) is 0 Å². The normalized spacial score (nSPS) is 27.5. The number of nitrogens with zero attached hydrogens (tertiary/aromatic N) is 2. The Bertz CT molecular complexity index is 672. The number of imidazole rings is 1. The van der Waals surface area contributed by atoms with E-state index in [2.05, 4.69) is 42.8 Å². The number of aromatic amines is 1. The first-order chi connectivity index (χ1) is 10.6. The Hall–Kier alpha value is -1.11. The zero-order valence-electron chi connectivity index (χ0n) is 12.5. The molecule has 0 radical (unpaired) electrons. The summed E-state index contributed by atoms with van der Waals surface area (Å²) < 4.78 is 1.07. The van der Waals surface area contributed by atoms with Crippen LogP contribution in [0.4, 0.5) is 0 Å². The third-order valence-electron chi connectivity index (χ3n) is 5.10. The first-order valence-corrected chi connectivity index (χ1v) is 8.69. The average molecular weight is 360 g/mol. The van der Waals surface area contributed by atoms with Gasteiger partial charge in [0.2, 0.25) is 0 Å². The van der Waals surface area contributed by atoms with Gasteiger partial charge in [0.1, 0.15) is 5.82 Å². The zero-order valence-corrected chi connectivity index (χ0v) is 14.1. The van der Waals surface area contributed by atoms with E-state index in [1.165, 1.54) is 19.3 Å². The second-order valence-electron chi connectivity index (χ2n) is 6.44. The molecular formula is C16H19BBrN3O. The van der Waals surface area contributed by atoms with Crippen LogP contribution in [0, 0.1) is 5.92 Å². The molecule has 3 atom stereocenters. The van der Waals surface area contributed by atoms with Gasteiger partial charge in [-0.3, -0.25) is 0 Å². The number of benzene rings is 1. The van der Waals surface area contributed by atoms with Crippen LogP contribution in [-0.2, 0) is 0 Å². The highest BCUT2D eigenvalue weighted by atomic mass is 79.9. The summed E-state index contributed by atoms with van der Waals surface area (Å²) in [5, 5.41) is 10.1. The van der Waals surface area contributed by atoms with Gasteiger partial charge in [0, 0.05) is 10.5 Å². The summed E-state index contributed by atoms with van der Waals surface area (Å²) in [6.45, 7) is 1.87. The van der Waals surface area contributed by atoms with E-state index in [4.69, 9.17) is 0 Å². The van der Waals surface area contributed by atoms with Crippen molar-refractivity contribution in [3.8, 4) is 11.3 Å². The van der Waals surface area contributed by atoms with Crippen LogP contribution in [0.3, 0.4) is 0 Å². The highest BCUT2D eigenvalue weighted by molar-refractivity contribution is 9.10. The van der Waals surface area contributed by atoms with E-state index in [-0.39, 0.29) is 6.04 Å². The molecule has 2 fully saturated rings. The van der Waals surface area contributed by atoms with Crippen LogP contribution in [0.5, 0.6) is 0 Å². The summed E-state index contributed by atoms with van der Waals surface area (Å²) in [4.78, 5) is 10.3. The van der Waals surface area contributed by atoms with Gasteiger partial charge < -0.3 is 14.8 Å². The number of halogens is 1. The molecule has 1 aliphatic heterocycles. The summed E-state index contributed by atoms with van der Waals surface area (Å²) >= 11 is 3.46. The van der Waals surface area contributed by atoms with E-state index in [1.807, 2.05) is 25.2 Å². The molecule has 1 aliphatic carbocycles. The number of piperidine rings is 1. The van der Waals surface area contributed by atoms with Crippen molar-refractivity contribution in [2.45, 2.75) is 38.2 Å². The third-order valence-corrected chi connectivity index (χ3v) is 5.63. The number of H-pyrrole nitrogens is 1. The number of rotatable bonds is 3. The van der Waals surface area contributed by atoms with Crippen LogP contribution < -0.4 is 0 Å². The number of aromatic nitrogens is 2. The number of hydrogen-bond acceptors (Lipinski definition) is 3. The molecule has 4 rings (SSSR count). The van der Waals surface area contributed by atoms with E-state index in [1.54, 1.807) is 0 Å². The van der Waals surface area contributed by atoms with Crippen molar-refractivity contribution in [2.75, 3.05) is 0 Å². The molecule has 1 saturated carbocycles. The molecule has 4 nitrogen and oxygen atoms in total. The Kier molecular flexibility index (Phi) is 3.63. The Labute approximate surface area is 139 Å². The fourth-order valence-corrected chi connectivity index (χ4v) is 4.45. The van der Waals surface area contributed by atoms with Crippen LogP contribution in [0.25, 0.3) is 11.3 Å². The van der Waals surface area contributed by atoms with Crippen molar-refractivity contribution in [1.82, 2.24) is 14.8 Å². The average Bonchev–Trinajstić information content (AvgIpc) is 3.22. The Morgan fingerprint density at radius 1 is 1.32 bits per heavy atom. The van der Waals surface area contributed by atoms with Crippen LogP contribution in [-0.4, -0.2) is 32.9 Å². The molecule has 0 spiro atoms. The van der Waals surface area contributed by atoms with Gasteiger partial charge >= 0.3 is 7.05 Å². The molecule has 2 aromatic rings. The van der Waals surface area contributed by atoms with Gasteiger partial charge in [0.05, 0.1) is 17.9 Å². The lowest BCUT2D eigenvalue weighted by Gasteiger charge is -2.34.